The second-order valence-electron chi connectivity index (χ2n) is 5.55. The van der Waals surface area contributed by atoms with Gasteiger partial charge in [0.1, 0.15) is 11.9 Å². The summed E-state index contributed by atoms with van der Waals surface area (Å²) in [4.78, 5) is 29.0. The molecule has 0 saturated heterocycles. The molecule has 2 N–H and O–H groups in total. The number of benzene rings is 1. The Morgan fingerprint density at radius 2 is 1.88 bits per heavy atom. The minimum atomic E-state index is -0.653. The average Bonchev–Trinajstić information content (AvgIpc) is 2.60. The van der Waals surface area contributed by atoms with Gasteiger partial charge in [0.2, 0.25) is 5.91 Å². The van der Waals surface area contributed by atoms with E-state index in [9.17, 15) is 9.59 Å². The molecular weight excluding hydrogens is 326 g/mol. The van der Waals surface area contributed by atoms with Gasteiger partial charge in [-0.05, 0) is 42.3 Å². The van der Waals surface area contributed by atoms with E-state index in [-0.39, 0.29) is 17.7 Å². The third kappa shape index (κ3) is 4.80. The van der Waals surface area contributed by atoms with Crippen LogP contribution in [0.3, 0.4) is 0 Å². The number of halogens is 1. The average molecular weight is 346 g/mol. The lowest BCUT2D eigenvalue weighted by molar-refractivity contribution is -0.119. The van der Waals surface area contributed by atoms with Crippen molar-refractivity contribution >= 4 is 29.2 Å². The summed E-state index contributed by atoms with van der Waals surface area (Å²) in [5, 5.41) is 6.09. The number of rotatable bonds is 6. The van der Waals surface area contributed by atoms with Crippen LogP contribution in [0.2, 0.25) is 5.02 Å². The highest BCUT2D eigenvalue weighted by Crippen LogP contribution is 2.13. The van der Waals surface area contributed by atoms with Crippen molar-refractivity contribution in [2.24, 2.45) is 5.92 Å². The van der Waals surface area contributed by atoms with E-state index in [1.54, 1.807) is 48.7 Å². The quantitative estimate of drug-likeness (QED) is 0.841. The van der Waals surface area contributed by atoms with Gasteiger partial charge >= 0.3 is 0 Å². The van der Waals surface area contributed by atoms with Crippen molar-refractivity contribution in [3.63, 3.8) is 0 Å². The molecule has 2 aromatic rings. The molecule has 1 aromatic carbocycles. The summed E-state index contributed by atoms with van der Waals surface area (Å²) in [5.74, 6) is -0.167. The van der Waals surface area contributed by atoms with E-state index in [0.29, 0.717) is 16.4 Å². The molecule has 1 heterocycles. The SMILES string of the molecule is CC[C@H](C)[C@@H](NC(=O)c1ccc(Cl)cc1)C(=O)Nc1ccccn1. The second kappa shape index (κ2) is 8.45. The first-order valence-corrected chi connectivity index (χ1v) is 8.17. The second-order valence-corrected chi connectivity index (χ2v) is 5.98. The smallest absolute Gasteiger partial charge is 0.251 e. The van der Waals surface area contributed by atoms with Crippen molar-refractivity contribution in [2.75, 3.05) is 5.32 Å². The molecule has 0 radical (unpaired) electrons. The number of aromatic nitrogens is 1. The zero-order valence-electron chi connectivity index (χ0n) is 13.6. The van der Waals surface area contributed by atoms with Crippen LogP contribution in [0.15, 0.2) is 48.7 Å². The molecule has 2 amide bonds. The fraction of sp³-hybridized carbons (Fsp3) is 0.278. The van der Waals surface area contributed by atoms with Crippen molar-refractivity contribution in [2.45, 2.75) is 26.3 Å². The molecule has 2 atom stereocenters. The van der Waals surface area contributed by atoms with Crippen LogP contribution < -0.4 is 10.6 Å². The molecule has 0 aliphatic heterocycles. The first-order valence-electron chi connectivity index (χ1n) is 7.79. The lowest BCUT2D eigenvalue weighted by Gasteiger charge is -2.23. The van der Waals surface area contributed by atoms with Gasteiger partial charge in [-0.15, -0.1) is 0 Å². The van der Waals surface area contributed by atoms with Crippen molar-refractivity contribution in [3.05, 3.63) is 59.2 Å². The molecule has 0 saturated carbocycles. The van der Waals surface area contributed by atoms with Crippen LogP contribution in [0.25, 0.3) is 0 Å². The number of amides is 2. The van der Waals surface area contributed by atoms with Gasteiger partial charge in [0.15, 0.2) is 0 Å². The summed E-state index contributed by atoms with van der Waals surface area (Å²) in [6.45, 7) is 3.89. The van der Waals surface area contributed by atoms with Crippen LogP contribution in [0, 0.1) is 5.92 Å². The summed E-state index contributed by atoms with van der Waals surface area (Å²) in [5.41, 5.74) is 0.457. The third-order valence-corrected chi connectivity index (χ3v) is 4.06. The molecular formula is C18H20ClN3O2. The Balaban J connectivity index is 2.11. The number of nitrogens with zero attached hydrogens (tertiary/aromatic N) is 1. The topological polar surface area (TPSA) is 71.1 Å². The summed E-state index contributed by atoms with van der Waals surface area (Å²) in [6.07, 6.45) is 2.35. The highest BCUT2D eigenvalue weighted by molar-refractivity contribution is 6.30. The van der Waals surface area contributed by atoms with Crippen LogP contribution in [-0.4, -0.2) is 22.8 Å². The van der Waals surface area contributed by atoms with E-state index in [0.717, 1.165) is 6.42 Å². The van der Waals surface area contributed by atoms with Crippen LogP contribution in [-0.2, 0) is 4.79 Å². The fourth-order valence-electron chi connectivity index (χ4n) is 2.17. The van der Waals surface area contributed by atoms with Crippen molar-refractivity contribution in [1.29, 1.82) is 0 Å². The number of pyridine rings is 1. The largest absolute Gasteiger partial charge is 0.340 e. The van der Waals surface area contributed by atoms with Crippen LogP contribution in [0.1, 0.15) is 30.6 Å². The molecule has 1 aromatic heterocycles. The molecule has 0 aliphatic carbocycles. The number of hydrogen-bond donors (Lipinski definition) is 2. The minimum Gasteiger partial charge on any atom is -0.340 e. The zero-order chi connectivity index (χ0) is 17.5. The lowest BCUT2D eigenvalue weighted by atomic mass is 9.98. The Morgan fingerprint density at radius 1 is 1.17 bits per heavy atom. The molecule has 24 heavy (non-hydrogen) atoms. The van der Waals surface area contributed by atoms with Gasteiger partial charge in [0.25, 0.3) is 5.91 Å². The number of anilines is 1. The van der Waals surface area contributed by atoms with Gasteiger partial charge in [0.05, 0.1) is 0 Å². The first-order chi connectivity index (χ1) is 11.5. The van der Waals surface area contributed by atoms with E-state index in [4.69, 9.17) is 11.6 Å². The number of nitrogens with one attached hydrogen (secondary N) is 2. The van der Waals surface area contributed by atoms with Crippen LogP contribution in [0.5, 0.6) is 0 Å². The van der Waals surface area contributed by atoms with Gasteiger partial charge in [-0.25, -0.2) is 4.98 Å². The normalized spacial score (nSPS) is 13.0. The summed E-state index contributed by atoms with van der Waals surface area (Å²) >= 11 is 5.83. The number of carbonyl (C=O) groups excluding carboxylic acids is 2. The predicted octanol–water partition coefficient (Wildman–Crippen LogP) is 3.52. The Labute approximate surface area is 146 Å². The maximum atomic E-state index is 12.5. The molecule has 6 heteroatoms. The third-order valence-electron chi connectivity index (χ3n) is 3.80. The summed E-state index contributed by atoms with van der Waals surface area (Å²) in [6, 6.07) is 11.1. The summed E-state index contributed by atoms with van der Waals surface area (Å²) in [7, 11) is 0. The predicted molar refractivity (Wildman–Crippen MR) is 95.0 cm³/mol. The van der Waals surface area contributed by atoms with Gasteiger partial charge in [-0.2, -0.15) is 0 Å². The lowest BCUT2D eigenvalue weighted by Crippen LogP contribution is -2.47. The highest BCUT2D eigenvalue weighted by Gasteiger charge is 2.26. The standard InChI is InChI=1S/C18H20ClN3O2/c1-3-12(2)16(18(24)21-15-6-4-5-11-20-15)22-17(23)13-7-9-14(19)10-8-13/h4-12,16H,3H2,1-2H3,(H,22,23)(H,20,21,24)/t12-,16+/m0/s1. The first kappa shape index (κ1) is 17.9. The van der Waals surface area contributed by atoms with Crippen LogP contribution in [0.4, 0.5) is 5.82 Å². The van der Waals surface area contributed by atoms with Gasteiger partial charge in [0, 0.05) is 16.8 Å². The van der Waals surface area contributed by atoms with Gasteiger partial charge in [-0.1, -0.05) is 37.9 Å². The molecule has 0 fully saturated rings. The Morgan fingerprint density at radius 3 is 2.46 bits per heavy atom. The monoisotopic (exact) mass is 345 g/mol. The minimum absolute atomic E-state index is 0.0232. The molecule has 5 nitrogen and oxygen atoms in total. The number of carbonyl (C=O) groups is 2. The highest BCUT2D eigenvalue weighted by atomic mass is 35.5. The number of hydrogen-bond acceptors (Lipinski definition) is 3. The van der Waals surface area contributed by atoms with E-state index in [2.05, 4.69) is 15.6 Å². The maximum absolute atomic E-state index is 12.5. The molecule has 0 bridgehead atoms. The molecule has 0 aliphatic rings. The van der Waals surface area contributed by atoms with Crippen molar-refractivity contribution in [3.8, 4) is 0 Å². The zero-order valence-corrected chi connectivity index (χ0v) is 14.4. The molecule has 2 rings (SSSR count). The molecule has 0 spiro atoms. The Hall–Kier alpha value is -2.40. The maximum Gasteiger partial charge on any atom is 0.251 e. The Kier molecular flexibility index (Phi) is 6.32. The van der Waals surface area contributed by atoms with E-state index in [1.165, 1.54) is 0 Å². The van der Waals surface area contributed by atoms with Crippen molar-refractivity contribution < 1.29 is 9.59 Å². The van der Waals surface area contributed by atoms with E-state index >= 15 is 0 Å². The molecule has 0 unspecified atom stereocenters. The van der Waals surface area contributed by atoms with E-state index < -0.39 is 6.04 Å². The Bertz CT molecular complexity index is 689. The van der Waals surface area contributed by atoms with Crippen molar-refractivity contribution in [1.82, 2.24) is 10.3 Å². The summed E-state index contributed by atoms with van der Waals surface area (Å²) < 4.78 is 0. The van der Waals surface area contributed by atoms with Crippen LogP contribution >= 0.6 is 11.6 Å². The molecule has 126 valence electrons. The van der Waals surface area contributed by atoms with Gasteiger partial charge < -0.3 is 10.6 Å². The fourth-order valence-corrected chi connectivity index (χ4v) is 2.29. The van der Waals surface area contributed by atoms with E-state index in [1.807, 2.05) is 13.8 Å². The van der Waals surface area contributed by atoms with Gasteiger partial charge in [-0.3, -0.25) is 9.59 Å².